The van der Waals surface area contributed by atoms with Crippen LogP contribution in [-0.2, 0) is 4.79 Å². The highest BCUT2D eigenvalue weighted by Crippen LogP contribution is 2.28. The molecule has 56 valence electrons. The Bertz CT molecular complexity index is 113. The van der Waals surface area contributed by atoms with Crippen molar-refractivity contribution in [1.29, 1.82) is 0 Å². The predicted octanol–water partition coefficient (Wildman–Crippen LogP) is 2.18. The van der Waals surface area contributed by atoms with Gasteiger partial charge in [-0.15, -0.1) is 6.58 Å². The SMILES string of the molecule is C=C[C@H]1CCCC[C@H]1C=O. The summed E-state index contributed by atoms with van der Waals surface area (Å²) in [5, 5.41) is 0. The lowest BCUT2D eigenvalue weighted by Gasteiger charge is -2.24. The molecule has 0 saturated heterocycles. The Morgan fingerprint density at radius 1 is 1.20 bits per heavy atom. The minimum atomic E-state index is 0.270. The van der Waals surface area contributed by atoms with Gasteiger partial charge in [-0.2, -0.15) is 0 Å². The molecule has 0 unspecified atom stereocenters. The van der Waals surface area contributed by atoms with E-state index in [2.05, 4.69) is 6.58 Å². The summed E-state index contributed by atoms with van der Waals surface area (Å²) >= 11 is 0. The molecule has 1 nitrogen and oxygen atoms in total. The highest BCUT2D eigenvalue weighted by atomic mass is 16.1. The molecule has 0 aromatic heterocycles. The third kappa shape index (κ3) is 1.47. The Hall–Kier alpha value is -0.590. The number of allylic oxidation sites excluding steroid dienone is 1. The van der Waals surface area contributed by atoms with E-state index in [1.807, 2.05) is 6.08 Å². The van der Waals surface area contributed by atoms with Gasteiger partial charge in [-0.25, -0.2) is 0 Å². The fourth-order valence-corrected chi connectivity index (χ4v) is 1.65. The molecule has 0 N–H and O–H groups in total. The minimum Gasteiger partial charge on any atom is -0.303 e. The molecular weight excluding hydrogens is 124 g/mol. The van der Waals surface area contributed by atoms with E-state index >= 15 is 0 Å². The molecule has 0 aromatic carbocycles. The van der Waals surface area contributed by atoms with Crippen molar-refractivity contribution >= 4 is 6.29 Å². The second-order valence-electron chi connectivity index (χ2n) is 2.98. The summed E-state index contributed by atoms with van der Waals surface area (Å²) in [7, 11) is 0. The molecule has 0 heterocycles. The van der Waals surface area contributed by atoms with Crippen LogP contribution in [0.15, 0.2) is 12.7 Å². The van der Waals surface area contributed by atoms with Crippen molar-refractivity contribution in [2.45, 2.75) is 25.7 Å². The number of hydrogen-bond donors (Lipinski definition) is 0. The lowest BCUT2D eigenvalue weighted by molar-refractivity contribution is -0.112. The molecule has 2 atom stereocenters. The zero-order valence-electron chi connectivity index (χ0n) is 6.25. The average molecular weight is 138 g/mol. The molecule has 1 fully saturated rings. The molecule has 1 rings (SSSR count). The number of carbonyl (C=O) groups excluding carboxylic acids is 1. The summed E-state index contributed by atoms with van der Waals surface area (Å²) in [6, 6.07) is 0. The largest absolute Gasteiger partial charge is 0.303 e. The Kier molecular flexibility index (Phi) is 2.67. The van der Waals surface area contributed by atoms with Crippen LogP contribution in [-0.4, -0.2) is 6.29 Å². The second-order valence-corrected chi connectivity index (χ2v) is 2.98. The fraction of sp³-hybridized carbons (Fsp3) is 0.667. The summed E-state index contributed by atoms with van der Waals surface area (Å²) in [5.74, 6) is 0.734. The Balaban J connectivity index is 2.49. The molecule has 1 heteroatoms. The van der Waals surface area contributed by atoms with Crippen LogP contribution in [0.2, 0.25) is 0 Å². The van der Waals surface area contributed by atoms with Crippen LogP contribution >= 0.6 is 0 Å². The molecule has 0 radical (unpaired) electrons. The molecular formula is C9H14O. The van der Waals surface area contributed by atoms with Crippen LogP contribution < -0.4 is 0 Å². The number of aldehydes is 1. The molecule has 10 heavy (non-hydrogen) atoms. The lowest BCUT2D eigenvalue weighted by Crippen LogP contribution is -2.18. The van der Waals surface area contributed by atoms with Gasteiger partial charge < -0.3 is 4.79 Å². The highest BCUT2D eigenvalue weighted by Gasteiger charge is 2.21. The van der Waals surface area contributed by atoms with Crippen LogP contribution in [0.4, 0.5) is 0 Å². The van der Waals surface area contributed by atoms with Gasteiger partial charge in [0.05, 0.1) is 0 Å². The molecule has 0 amide bonds. The summed E-state index contributed by atoms with van der Waals surface area (Å²) in [4.78, 5) is 10.5. The third-order valence-electron chi connectivity index (χ3n) is 2.35. The van der Waals surface area contributed by atoms with E-state index in [-0.39, 0.29) is 5.92 Å². The lowest BCUT2D eigenvalue weighted by atomic mass is 9.80. The van der Waals surface area contributed by atoms with Gasteiger partial charge in [-0.1, -0.05) is 18.9 Å². The van der Waals surface area contributed by atoms with Crippen molar-refractivity contribution in [2.75, 3.05) is 0 Å². The van der Waals surface area contributed by atoms with E-state index in [1.165, 1.54) is 12.8 Å². The van der Waals surface area contributed by atoms with E-state index < -0.39 is 0 Å². The van der Waals surface area contributed by atoms with Crippen LogP contribution in [0.3, 0.4) is 0 Å². The fourth-order valence-electron chi connectivity index (χ4n) is 1.65. The van der Waals surface area contributed by atoms with Gasteiger partial charge in [-0.05, 0) is 18.8 Å². The molecule has 0 aliphatic heterocycles. The van der Waals surface area contributed by atoms with Crippen LogP contribution in [0, 0.1) is 11.8 Å². The average Bonchev–Trinajstić information content (AvgIpc) is 2.04. The van der Waals surface area contributed by atoms with E-state index in [4.69, 9.17) is 0 Å². The first-order valence-corrected chi connectivity index (χ1v) is 3.96. The van der Waals surface area contributed by atoms with Crippen molar-refractivity contribution in [2.24, 2.45) is 11.8 Å². The van der Waals surface area contributed by atoms with Gasteiger partial charge in [0.25, 0.3) is 0 Å². The molecule has 0 spiro atoms. The van der Waals surface area contributed by atoms with Gasteiger partial charge in [0, 0.05) is 5.92 Å². The van der Waals surface area contributed by atoms with Gasteiger partial charge >= 0.3 is 0 Å². The first kappa shape index (κ1) is 7.52. The topological polar surface area (TPSA) is 17.1 Å². The molecule has 1 saturated carbocycles. The molecule has 1 aliphatic carbocycles. The smallest absolute Gasteiger partial charge is 0.123 e. The standard InChI is InChI=1S/C9H14O/c1-2-8-5-3-4-6-9(8)7-10/h2,7-9H,1,3-6H2/t8-,9-/m0/s1. The zero-order chi connectivity index (χ0) is 7.40. The van der Waals surface area contributed by atoms with Crippen LogP contribution in [0.25, 0.3) is 0 Å². The monoisotopic (exact) mass is 138 g/mol. The van der Waals surface area contributed by atoms with Crippen molar-refractivity contribution in [1.82, 2.24) is 0 Å². The number of hydrogen-bond acceptors (Lipinski definition) is 1. The normalized spacial score (nSPS) is 33.2. The van der Waals surface area contributed by atoms with Gasteiger partial charge in [0.1, 0.15) is 6.29 Å². The Labute approximate surface area is 62.1 Å². The van der Waals surface area contributed by atoms with Crippen molar-refractivity contribution < 1.29 is 4.79 Å². The van der Waals surface area contributed by atoms with Crippen molar-refractivity contribution in [3.8, 4) is 0 Å². The van der Waals surface area contributed by atoms with Gasteiger partial charge in [0.2, 0.25) is 0 Å². The van der Waals surface area contributed by atoms with E-state index in [9.17, 15) is 4.79 Å². The summed E-state index contributed by atoms with van der Waals surface area (Å²) in [5.41, 5.74) is 0. The predicted molar refractivity (Wildman–Crippen MR) is 41.7 cm³/mol. The van der Waals surface area contributed by atoms with E-state index in [0.29, 0.717) is 5.92 Å². The zero-order valence-corrected chi connectivity index (χ0v) is 6.25. The molecule has 0 aromatic rings. The summed E-state index contributed by atoms with van der Waals surface area (Å²) < 4.78 is 0. The molecule has 1 aliphatic rings. The molecule has 0 bridgehead atoms. The van der Waals surface area contributed by atoms with E-state index in [1.54, 1.807) is 0 Å². The first-order valence-electron chi connectivity index (χ1n) is 3.96. The van der Waals surface area contributed by atoms with Crippen molar-refractivity contribution in [3.05, 3.63) is 12.7 Å². The van der Waals surface area contributed by atoms with Gasteiger partial charge in [0.15, 0.2) is 0 Å². The second kappa shape index (κ2) is 3.55. The summed E-state index contributed by atoms with van der Waals surface area (Å²) in [6.07, 6.45) is 7.73. The quantitative estimate of drug-likeness (QED) is 0.422. The minimum absolute atomic E-state index is 0.270. The maximum Gasteiger partial charge on any atom is 0.123 e. The van der Waals surface area contributed by atoms with Crippen LogP contribution in [0.5, 0.6) is 0 Å². The highest BCUT2D eigenvalue weighted by molar-refractivity contribution is 5.54. The van der Waals surface area contributed by atoms with Crippen LogP contribution in [0.1, 0.15) is 25.7 Å². The summed E-state index contributed by atoms with van der Waals surface area (Å²) in [6.45, 7) is 3.72. The Morgan fingerprint density at radius 2 is 1.80 bits per heavy atom. The number of rotatable bonds is 2. The maximum atomic E-state index is 10.5. The number of carbonyl (C=O) groups is 1. The maximum absolute atomic E-state index is 10.5. The third-order valence-corrected chi connectivity index (χ3v) is 2.35. The Morgan fingerprint density at radius 3 is 2.20 bits per heavy atom. The van der Waals surface area contributed by atoms with Crippen molar-refractivity contribution in [3.63, 3.8) is 0 Å². The van der Waals surface area contributed by atoms with E-state index in [0.717, 1.165) is 19.1 Å². The van der Waals surface area contributed by atoms with Gasteiger partial charge in [-0.3, -0.25) is 0 Å². The first-order chi connectivity index (χ1) is 4.88.